The predicted molar refractivity (Wildman–Crippen MR) is 116 cm³/mol. The molecule has 0 aliphatic carbocycles. The third kappa shape index (κ3) is 7.33. The van der Waals surface area contributed by atoms with Crippen LogP contribution in [-0.4, -0.2) is 40.3 Å². The Kier molecular flexibility index (Phi) is 8.59. The summed E-state index contributed by atoms with van der Waals surface area (Å²) in [6.07, 6.45) is 1.72. The van der Waals surface area contributed by atoms with E-state index in [4.69, 9.17) is 16.3 Å². The molecule has 0 aliphatic rings. The number of anilines is 1. The molecule has 152 valence electrons. The van der Waals surface area contributed by atoms with Gasteiger partial charge in [0.2, 0.25) is 15.9 Å². The fraction of sp³-hybridized carbons (Fsp3) is 0.316. The van der Waals surface area contributed by atoms with E-state index in [1.54, 1.807) is 18.2 Å². The van der Waals surface area contributed by atoms with Gasteiger partial charge in [-0.1, -0.05) is 29.8 Å². The molecule has 2 rings (SSSR count). The third-order valence-electron chi connectivity index (χ3n) is 3.79. The number of nitrogens with one attached hydrogen (secondary N) is 1. The highest BCUT2D eigenvalue weighted by molar-refractivity contribution is 9.10. The number of hydrogen-bond acceptors (Lipinski definition) is 4. The van der Waals surface area contributed by atoms with Crippen LogP contribution in [0.4, 0.5) is 5.69 Å². The number of carbonyl (C=O) groups excluding carboxylic acids is 1. The van der Waals surface area contributed by atoms with Crippen LogP contribution in [0.15, 0.2) is 53.0 Å². The van der Waals surface area contributed by atoms with Crippen LogP contribution < -0.4 is 14.4 Å². The molecule has 0 aromatic heterocycles. The molecule has 0 atom stereocenters. The molecule has 9 heteroatoms. The Morgan fingerprint density at radius 1 is 1.21 bits per heavy atom. The number of sulfonamides is 1. The topological polar surface area (TPSA) is 75.7 Å². The van der Waals surface area contributed by atoms with Crippen molar-refractivity contribution in [3.8, 4) is 5.75 Å². The zero-order chi connectivity index (χ0) is 20.6. The van der Waals surface area contributed by atoms with Crippen LogP contribution in [0.3, 0.4) is 0 Å². The van der Waals surface area contributed by atoms with Crippen molar-refractivity contribution in [2.24, 2.45) is 0 Å². The van der Waals surface area contributed by atoms with Gasteiger partial charge in [-0.2, -0.15) is 0 Å². The van der Waals surface area contributed by atoms with Gasteiger partial charge in [-0.05, 0) is 52.7 Å². The van der Waals surface area contributed by atoms with Crippen LogP contribution in [-0.2, 0) is 14.8 Å². The van der Waals surface area contributed by atoms with Crippen molar-refractivity contribution in [2.45, 2.75) is 12.8 Å². The van der Waals surface area contributed by atoms with Crippen molar-refractivity contribution in [3.63, 3.8) is 0 Å². The largest absolute Gasteiger partial charge is 0.492 e. The lowest BCUT2D eigenvalue weighted by Gasteiger charge is -2.22. The monoisotopic (exact) mass is 488 g/mol. The first-order valence-electron chi connectivity index (χ1n) is 8.64. The Morgan fingerprint density at radius 2 is 1.93 bits per heavy atom. The minimum absolute atomic E-state index is 0.154. The number of benzene rings is 2. The highest BCUT2D eigenvalue weighted by atomic mass is 79.9. The maximum atomic E-state index is 12.1. The summed E-state index contributed by atoms with van der Waals surface area (Å²) in [5.41, 5.74) is 0.465. The average molecular weight is 490 g/mol. The zero-order valence-electron chi connectivity index (χ0n) is 15.4. The second-order valence-corrected chi connectivity index (χ2v) is 9.22. The molecule has 2 aromatic rings. The Morgan fingerprint density at radius 3 is 2.57 bits per heavy atom. The van der Waals surface area contributed by atoms with Crippen molar-refractivity contribution < 1.29 is 17.9 Å². The lowest BCUT2D eigenvalue weighted by molar-refractivity contribution is -0.121. The van der Waals surface area contributed by atoms with Gasteiger partial charge in [0.05, 0.1) is 23.5 Å². The molecule has 0 aliphatic heterocycles. The Balaban J connectivity index is 1.78. The number of hydrogen-bond donors (Lipinski definition) is 1. The number of amides is 1. The second kappa shape index (κ2) is 10.7. The maximum absolute atomic E-state index is 12.1. The number of halogens is 2. The molecule has 0 saturated carbocycles. The van der Waals surface area contributed by atoms with E-state index in [0.29, 0.717) is 34.8 Å². The van der Waals surface area contributed by atoms with Gasteiger partial charge in [0.15, 0.2) is 0 Å². The quantitative estimate of drug-likeness (QED) is 0.515. The van der Waals surface area contributed by atoms with E-state index in [1.165, 1.54) is 4.31 Å². The summed E-state index contributed by atoms with van der Waals surface area (Å²) in [6, 6.07) is 14.3. The number of rotatable bonds is 10. The van der Waals surface area contributed by atoms with Gasteiger partial charge in [0.25, 0.3) is 0 Å². The molecule has 0 saturated heterocycles. The van der Waals surface area contributed by atoms with E-state index >= 15 is 0 Å². The molecule has 28 heavy (non-hydrogen) atoms. The van der Waals surface area contributed by atoms with E-state index < -0.39 is 10.0 Å². The lowest BCUT2D eigenvalue weighted by Crippen LogP contribution is -2.32. The zero-order valence-corrected chi connectivity index (χ0v) is 18.6. The second-order valence-electron chi connectivity index (χ2n) is 6.05. The first kappa shape index (κ1) is 22.5. The highest BCUT2D eigenvalue weighted by Crippen LogP contribution is 2.28. The number of para-hydroxylation sites is 1. The van der Waals surface area contributed by atoms with Gasteiger partial charge in [0, 0.05) is 17.4 Å². The molecule has 1 N–H and O–H groups in total. The Labute approximate surface area is 179 Å². The third-order valence-corrected chi connectivity index (χ3v) is 6.22. The van der Waals surface area contributed by atoms with Gasteiger partial charge in [-0.25, -0.2) is 8.42 Å². The lowest BCUT2D eigenvalue weighted by atomic mass is 10.2. The first-order chi connectivity index (χ1) is 13.3. The number of ether oxygens (including phenoxy) is 1. The fourth-order valence-electron chi connectivity index (χ4n) is 2.47. The van der Waals surface area contributed by atoms with Gasteiger partial charge >= 0.3 is 0 Å². The van der Waals surface area contributed by atoms with Gasteiger partial charge in [-0.15, -0.1) is 0 Å². The molecule has 0 unspecified atom stereocenters. The minimum Gasteiger partial charge on any atom is -0.492 e. The summed E-state index contributed by atoms with van der Waals surface area (Å²) in [7, 11) is -3.49. The standard InChI is InChI=1S/C19H22BrClN2O4S/c1-28(25,26)23(15-9-10-17(20)18(21)14-15)12-5-8-19(24)22-11-13-27-16-6-3-2-4-7-16/h2-4,6-7,9-10,14H,5,8,11-13H2,1H3,(H,22,24). The Hall–Kier alpha value is -1.77. The molecule has 0 fully saturated rings. The van der Waals surface area contributed by atoms with Crippen LogP contribution in [0.5, 0.6) is 5.75 Å². The van der Waals surface area contributed by atoms with Crippen LogP contribution in [0.1, 0.15) is 12.8 Å². The number of nitrogens with zero attached hydrogens (tertiary/aromatic N) is 1. The van der Waals surface area contributed by atoms with Crippen molar-refractivity contribution >= 4 is 49.1 Å². The van der Waals surface area contributed by atoms with E-state index in [1.807, 2.05) is 30.3 Å². The van der Waals surface area contributed by atoms with Crippen molar-refractivity contribution in [3.05, 3.63) is 58.0 Å². The average Bonchev–Trinajstić information content (AvgIpc) is 2.65. The number of carbonyl (C=O) groups is 1. The van der Waals surface area contributed by atoms with Crippen molar-refractivity contribution in [1.82, 2.24) is 5.32 Å². The van der Waals surface area contributed by atoms with Crippen molar-refractivity contribution in [2.75, 3.05) is 30.3 Å². The molecular formula is C19H22BrClN2O4S. The van der Waals surface area contributed by atoms with E-state index in [2.05, 4.69) is 21.2 Å². The van der Waals surface area contributed by atoms with Crippen LogP contribution in [0.2, 0.25) is 5.02 Å². The predicted octanol–water partition coefficient (Wildman–Crippen LogP) is 3.84. The summed E-state index contributed by atoms with van der Waals surface area (Å²) in [4.78, 5) is 12.0. The molecule has 0 heterocycles. The fourth-order valence-corrected chi connectivity index (χ4v) is 3.85. The van der Waals surface area contributed by atoms with Gasteiger partial charge in [0.1, 0.15) is 12.4 Å². The maximum Gasteiger partial charge on any atom is 0.232 e. The van der Waals surface area contributed by atoms with E-state index in [-0.39, 0.29) is 18.9 Å². The molecule has 0 spiro atoms. The molecule has 6 nitrogen and oxygen atoms in total. The van der Waals surface area contributed by atoms with Crippen LogP contribution in [0, 0.1) is 0 Å². The molecule has 1 amide bonds. The minimum atomic E-state index is -3.49. The first-order valence-corrected chi connectivity index (χ1v) is 11.7. The molecule has 0 bridgehead atoms. The summed E-state index contributed by atoms with van der Waals surface area (Å²) in [5.74, 6) is 0.590. The molecule has 2 aromatic carbocycles. The highest BCUT2D eigenvalue weighted by Gasteiger charge is 2.18. The smallest absolute Gasteiger partial charge is 0.232 e. The van der Waals surface area contributed by atoms with Crippen LogP contribution >= 0.6 is 27.5 Å². The SMILES string of the molecule is CS(=O)(=O)N(CCCC(=O)NCCOc1ccccc1)c1ccc(Br)c(Cl)c1. The van der Waals surface area contributed by atoms with E-state index in [0.717, 1.165) is 12.0 Å². The molecule has 0 radical (unpaired) electrons. The summed E-state index contributed by atoms with van der Waals surface area (Å²) in [5, 5.41) is 3.18. The summed E-state index contributed by atoms with van der Waals surface area (Å²) >= 11 is 9.35. The van der Waals surface area contributed by atoms with Gasteiger partial charge < -0.3 is 10.1 Å². The summed E-state index contributed by atoms with van der Waals surface area (Å²) < 4.78 is 31.6. The summed E-state index contributed by atoms with van der Waals surface area (Å²) in [6.45, 7) is 0.930. The molecular weight excluding hydrogens is 468 g/mol. The van der Waals surface area contributed by atoms with Gasteiger partial charge in [-0.3, -0.25) is 9.10 Å². The van der Waals surface area contributed by atoms with E-state index in [9.17, 15) is 13.2 Å². The Bertz CT molecular complexity index is 894. The van der Waals surface area contributed by atoms with Crippen molar-refractivity contribution in [1.29, 1.82) is 0 Å². The normalized spacial score (nSPS) is 11.1. The van der Waals surface area contributed by atoms with Crippen LogP contribution in [0.25, 0.3) is 0 Å².